The van der Waals surface area contributed by atoms with Crippen molar-refractivity contribution in [2.45, 2.75) is 12.7 Å². The van der Waals surface area contributed by atoms with Crippen LogP contribution in [0.25, 0.3) is 0 Å². The molecule has 0 bridgehead atoms. The van der Waals surface area contributed by atoms with Crippen LogP contribution in [0.5, 0.6) is 0 Å². The van der Waals surface area contributed by atoms with Crippen LogP contribution in [0.3, 0.4) is 0 Å². The average Bonchev–Trinajstić information content (AvgIpc) is 2.44. The van der Waals surface area contributed by atoms with Crippen molar-refractivity contribution < 1.29 is 14.4 Å². The van der Waals surface area contributed by atoms with Crippen LogP contribution in [0.15, 0.2) is 5.16 Å². The Labute approximate surface area is 57.8 Å². The fraction of sp³-hybridized carbons (Fsp3) is 0.667. The maximum absolute atomic E-state index is 10.3. The first-order valence-corrected chi connectivity index (χ1v) is 3.22. The number of rotatable bonds is 1. The van der Waals surface area contributed by atoms with E-state index >= 15 is 0 Å². The number of hydrogen-bond acceptors (Lipinski definition) is 4. The molecule has 1 saturated heterocycles. The maximum Gasteiger partial charge on any atom is 0.235 e. The Hall–Kier alpha value is -0.900. The molecule has 54 valence electrons. The number of carbonyl (C=O) groups is 1. The summed E-state index contributed by atoms with van der Waals surface area (Å²) in [4.78, 5) is 15.1. The third-order valence-corrected chi connectivity index (χ3v) is 1.80. The van der Waals surface area contributed by atoms with Gasteiger partial charge in [0.1, 0.15) is 5.71 Å². The highest BCUT2D eigenvalue weighted by atomic mass is 16.8. The fourth-order valence-corrected chi connectivity index (χ4v) is 1.24. The first-order valence-electron chi connectivity index (χ1n) is 3.22. The first kappa shape index (κ1) is 5.85. The summed E-state index contributed by atoms with van der Waals surface area (Å²) in [5, 5.41) is 3.56. The number of ether oxygens (including phenoxy) is 1. The molecule has 0 saturated carbocycles. The van der Waals surface area contributed by atoms with E-state index in [1.54, 1.807) is 0 Å². The smallest absolute Gasteiger partial charge is 0.235 e. The second kappa shape index (κ2) is 2.05. The van der Waals surface area contributed by atoms with E-state index < -0.39 is 0 Å². The molecule has 0 aliphatic carbocycles. The van der Waals surface area contributed by atoms with Crippen LogP contribution in [-0.4, -0.2) is 24.9 Å². The van der Waals surface area contributed by atoms with Crippen LogP contribution in [0.1, 0.15) is 6.42 Å². The molecule has 2 aliphatic rings. The fourth-order valence-electron chi connectivity index (χ4n) is 1.24. The lowest BCUT2D eigenvalue weighted by molar-refractivity contribution is -0.106. The predicted octanol–water partition coefficient (Wildman–Crippen LogP) is -0.0659. The monoisotopic (exact) mass is 141 g/mol. The summed E-state index contributed by atoms with van der Waals surface area (Å²) in [6.07, 6.45) is 1.31. The van der Waals surface area contributed by atoms with E-state index in [1.807, 2.05) is 0 Å². The van der Waals surface area contributed by atoms with Gasteiger partial charge in [-0.3, -0.25) is 4.79 Å². The van der Waals surface area contributed by atoms with Crippen molar-refractivity contribution in [3.8, 4) is 0 Å². The molecule has 0 aromatic heterocycles. The summed E-state index contributed by atoms with van der Waals surface area (Å²) in [5.74, 6) is 0.0949. The van der Waals surface area contributed by atoms with E-state index in [0.29, 0.717) is 12.3 Å². The number of oxime groups is 1. The van der Waals surface area contributed by atoms with E-state index in [4.69, 9.17) is 9.57 Å². The Balaban J connectivity index is 2.17. The van der Waals surface area contributed by atoms with Crippen molar-refractivity contribution in [2.75, 3.05) is 6.61 Å². The van der Waals surface area contributed by atoms with Gasteiger partial charge in [0.05, 0.1) is 12.5 Å². The molecule has 2 atom stereocenters. The van der Waals surface area contributed by atoms with Gasteiger partial charge in [-0.25, -0.2) is 0 Å². The molecule has 10 heavy (non-hydrogen) atoms. The first-order chi connectivity index (χ1) is 4.92. The molecule has 0 N–H and O–H groups in total. The second-order valence-electron chi connectivity index (χ2n) is 2.37. The van der Waals surface area contributed by atoms with Gasteiger partial charge >= 0.3 is 0 Å². The van der Waals surface area contributed by atoms with Crippen LogP contribution < -0.4 is 0 Å². The van der Waals surface area contributed by atoms with Crippen LogP contribution in [-0.2, 0) is 14.4 Å². The zero-order chi connectivity index (χ0) is 6.97. The minimum absolute atomic E-state index is 0.0949. The summed E-state index contributed by atoms with van der Waals surface area (Å²) in [5.41, 5.74) is 0.488. The topological polar surface area (TPSA) is 47.9 Å². The molecular weight excluding hydrogens is 134 g/mol. The van der Waals surface area contributed by atoms with E-state index in [1.165, 1.54) is 0 Å². The molecule has 0 spiro atoms. The van der Waals surface area contributed by atoms with Gasteiger partial charge in [-0.2, -0.15) is 0 Å². The molecule has 1 fully saturated rings. The van der Waals surface area contributed by atoms with Gasteiger partial charge in [0, 0.05) is 0 Å². The van der Waals surface area contributed by atoms with Crippen molar-refractivity contribution in [1.29, 1.82) is 0 Å². The SMILES string of the molecule is O=CC1=NO[C@@H]2OCC[C@H]12. The molecule has 0 amide bonds. The number of aldehydes is 1. The van der Waals surface area contributed by atoms with Crippen molar-refractivity contribution in [3.05, 3.63) is 0 Å². The quantitative estimate of drug-likeness (QED) is 0.480. The summed E-state index contributed by atoms with van der Waals surface area (Å²) in [6, 6.07) is 0. The highest BCUT2D eigenvalue weighted by molar-refractivity contribution is 6.29. The highest BCUT2D eigenvalue weighted by Crippen LogP contribution is 2.27. The van der Waals surface area contributed by atoms with E-state index in [2.05, 4.69) is 5.16 Å². The molecule has 0 aromatic rings. The Bertz CT molecular complexity index is 189. The molecule has 0 radical (unpaired) electrons. The van der Waals surface area contributed by atoms with Crippen LogP contribution in [0.4, 0.5) is 0 Å². The lowest BCUT2D eigenvalue weighted by Crippen LogP contribution is -2.18. The Morgan fingerprint density at radius 3 is 3.40 bits per heavy atom. The van der Waals surface area contributed by atoms with Crippen molar-refractivity contribution in [1.82, 2.24) is 0 Å². The van der Waals surface area contributed by atoms with Gasteiger partial charge in [-0.15, -0.1) is 0 Å². The van der Waals surface area contributed by atoms with Gasteiger partial charge in [0.15, 0.2) is 6.29 Å². The van der Waals surface area contributed by atoms with Crippen LogP contribution >= 0.6 is 0 Å². The Morgan fingerprint density at radius 1 is 1.70 bits per heavy atom. The number of nitrogens with zero attached hydrogens (tertiary/aromatic N) is 1. The van der Waals surface area contributed by atoms with Gasteiger partial charge in [0.25, 0.3) is 0 Å². The van der Waals surface area contributed by atoms with Crippen LogP contribution in [0, 0.1) is 5.92 Å². The molecule has 2 heterocycles. The summed E-state index contributed by atoms with van der Waals surface area (Å²) < 4.78 is 5.11. The van der Waals surface area contributed by atoms with Crippen molar-refractivity contribution >= 4 is 12.0 Å². The van der Waals surface area contributed by atoms with Gasteiger partial charge in [-0.1, -0.05) is 5.16 Å². The third kappa shape index (κ3) is 0.654. The number of fused-ring (bicyclic) bond motifs is 1. The standard InChI is InChI=1S/C6H7NO3/c8-3-5-4-1-2-9-6(4)10-7-5/h3-4,6H,1-2H2/t4-,6+/m1/s1. The second-order valence-corrected chi connectivity index (χ2v) is 2.37. The average molecular weight is 141 g/mol. The number of carbonyl (C=O) groups excluding carboxylic acids is 1. The van der Waals surface area contributed by atoms with Gasteiger partial charge < -0.3 is 9.57 Å². The molecule has 0 unspecified atom stereocenters. The molecular formula is C6H7NO3. The van der Waals surface area contributed by atoms with Gasteiger partial charge in [0.2, 0.25) is 6.29 Å². The third-order valence-electron chi connectivity index (χ3n) is 1.80. The lowest BCUT2D eigenvalue weighted by atomic mass is 10.0. The van der Waals surface area contributed by atoms with E-state index in [9.17, 15) is 4.79 Å². The minimum Gasteiger partial charge on any atom is -0.363 e. The maximum atomic E-state index is 10.3. The summed E-state index contributed by atoms with van der Waals surface area (Å²) in [7, 11) is 0. The van der Waals surface area contributed by atoms with E-state index in [-0.39, 0.29) is 12.2 Å². The highest BCUT2D eigenvalue weighted by Gasteiger charge is 2.38. The van der Waals surface area contributed by atoms with E-state index in [0.717, 1.165) is 12.7 Å². The molecule has 2 aliphatic heterocycles. The number of hydrogen-bond donors (Lipinski definition) is 0. The van der Waals surface area contributed by atoms with Crippen molar-refractivity contribution in [3.63, 3.8) is 0 Å². The normalized spacial score (nSPS) is 36.6. The van der Waals surface area contributed by atoms with Gasteiger partial charge in [-0.05, 0) is 6.42 Å². The van der Waals surface area contributed by atoms with Crippen LogP contribution in [0.2, 0.25) is 0 Å². The lowest BCUT2D eigenvalue weighted by Gasteiger charge is -2.03. The summed E-state index contributed by atoms with van der Waals surface area (Å²) >= 11 is 0. The molecule has 4 nitrogen and oxygen atoms in total. The zero-order valence-electron chi connectivity index (χ0n) is 5.32. The largest absolute Gasteiger partial charge is 0.363 e. The Kier molecular flexibility index (Phi) is 1.20. The Morgan fingerprint density at radius 2 is 2.60 bits per heavy atom. The predicted molar refractivity (Wildman–Crippen MR) is 32.4 cm³/mol. The zero-order valence-corrected chi connectivity index (χ0v) is 5.32. The molecule has 0 aromatic carbocycles. The molecule has 4 heteroatoms. The summed E-state index contributed by atoms with van der Waals surface area (Å²) in [6.45, 7) is 0.669. The minimum atomic E-state index is -0.278. The van der Waals surface area contributed by atoms with Crippen molar-refractivity contribution in [2.24, 2.45) is 11.1 Å². The molecule has 2 rings (SSSR count).